The van der Waals surface area contributed by atoms with Gasteiger partial charge in [0, 0.05) is 17.6 Å². The van der Waals surface area contributed by atoms with Crippen LogP contribution in [0.5, 0.6) is 5.75 Å². The smallest absolute Gasteiger partial charge is 0.251 e. The first-order valence-corrected chi connectivity index (χ1v) is 7.46. The van der Waals surface area contributed by atoms with Gasteiger partial charge in [-0.05, 0) is 50.9 Å². The molecule has 0 saturated carbocycles. The van der Waals surface area contributed by atoms with E-state index < -0.39 is 0 Å². The van der Waals surface area contributed by atoms with Gasteiger partial charge in [-0.1, -0.05) is 13.0 Å². The normalized spacial score (nSPS) is 21.2. The molecular weight excluding hydrogens is 288 g/mol. The second kappa shape index (κ2) is 8.90. The van der Waals surface area contributed by atoms with Crippen LogP contribution in [0.3, 0.4) is 0 Å². The molecule has 1 amide bonds. The zero-order chi connectivity index (χ0) is 14.4. The zero-order valence-corrected chi connectivity index (χ0v) is 13.5. The highest BCUT2D eigenvalue weighted by Crippen LogP contribution is 2.15. The lowest BCUT2D eigenvalue weighted by Gasteiger charge is -2.28. The molecule has 0 aliphatic carbocycles. The largest absolute Gasteiger partial charge is 0.494 e. The summed E-state index contributed by atoms with van der Waals surface area (Å²) in [5.41, 5.74) is 0.671. The number of rotatable bonds is 5. The molecule has 1 saturated heterocycles. The summed E-state index contributed by atoms with van der Waals surface area (Å²) >= 11 is 0. The van der Waals surface area contributed by atoms with Crippen molar-refractivity contribution >= 4 is 18.3 Å². The number of hydrogen-bond donors (Lipinski definition) is 2. The van der Waals surface area contributed by atoms with Gasteiger partial charge in [-0.2, -0.15) is 0 Å². The second-order valence-corrected chi connectivity index (χ2v) is 5.43. The fourth-order valence-corrected chi connectivity index (χ4v) is 2.48. The molecule has 0 aromatic heterocycles. The quantitative estimate of drug-likeness (QED) is 0.879. The predicted molar refractivity (Wildman–Crippen MR) is 87.4 cm³/mol. The van der Waals surface area contributed by atoms with E-state index in [0.717, 1.165) is 31.6 Å². The lowest BCUT2D eigenvalue weighted by molar-refractivity contribution is 0.0925. The highest BCUT2D eigenvalue weighted by molar-refractivity contribution is 5.94. The maximum absolute atomic E-state index is 12.3. The lowest BCUT2D eigenvalue weighted by Crippen LogP contribution is -2.46. The van der Waals surface area contributed by atoms with Gasteiger partial charge in [0.05, 0.1) is 6.61 Å². The third-order valence-electron chi connectivity index (χ3n) is 3.53. The van der Waals surface area contributed by atoms with Crippen molar-refractivity contribution in [2.24, 2.45) is 0 Å². The predicted octanol–water partition coefficient (Wildman–Crippen LogP) is 2.77. The molecule has 1 aliphatic rings. The van der Waals surface area contributed by atoms with Crippen LogP contribution in [0, 0.1) is 0 Å². The maximum atomic E-state index is 12.3. The number of carbonyl (C=O) groups is 1. The minimum atomic E-state index is -0.00829. The molecule has 0 bridgehead atoms. The molecule has 21 heavy (non-hydrogen) atoms. The van der Waals surface area contributed by atoms with Crippen LogP contribution in [0.15, 0.2) is 24.3 Å². The standard InChI is InChI=1S/C16H24N2O2.ClH/c1-3-9-20-15-6-4-5-13(11-15)16(19)18-14-7-8-17-12(2)10-14;/h4-6,11-12,14,17H,3,7-10H2,1-2H3,(H,18,19);1H. The number of nitrogens with one attached hydrogen (secondary N) is 2. The highest BCUT2D eigenvalue weighted by Gasteiger charge is 2.20. The van der Waals surface area contributed by atoms with E-state index in [9.17, 15) is 4.79 Å². The molecule has 1 heterocycles. The molecule has 1 aromatic rings. The molecule has 1 fully saturated rings. The number of ether oxygens (including phenoxy) is 1. The van der Waals surface area contributed by atoms with Gasteiger partial charge in [-0.15, -0.1) is 12.4 Å². The van der Waals surface area contributed by atoms with Gasteiger partial charge in [0.25, 0.3) is 5.91 Å². The summed E-state index contributed by atoms with van der Waals surface area (Å²) in [5, 5.41) is 6.50. The second-order valence-electron chi connectivity index (χ2n) is 5.43. The van der Waals surface area contributed by atoms with Crippen molar-refractivity contribution in [3.8, 4) is 5.75 Å². The molecule has 4 nitrogen and oxygen atoms in total. The van der Waals surface area contributed by atoms with Crippen LogP contribution in [0.4, 0.5) is 0 Å². The van der Waals surface area contributed by atoms with Gasteiger partial charge in [-0.25, -0.2) is 0 Å². The molecule has 5 heteroatoms. The third-order valence-corrected chi connectivity index (χ3v) is 3.53. The Morgan fingerprint density at radius 3 is 3.00 bits per heavy atom. The maximum Gasteiger partial charge on any atom is 0.251 e. The van der Waals surface area contributed by atoms with Crippen molar-refractivity contribution in [2.45, 2.75) is 45.2 Å². The van der Waals surface area contributed by atoms with E-state index in [-0.39, 0.29) is 24.4 Å². The van der Waals surface area contributed by atoms with Gasteiger partial charge in [0.15, 0.2) is 0 Å². The zero-order valence-electron chi connectivity index (χ0n) is 12.7. The average molecular weight is 313 g/mol. The summed E-state index contributed by atoms with van der Waals surface area (Å²) in [6, 6.07) is 8.13. The number of amides is 1. The minimum Gasteiger partial charge on any atom is -0.494 e. The molecule has 2 atom stereocenters. The Hall–Kier alpha value is -1.26. The molecule has 0 radical (unpaired) electrons. The molecule has 0 spiro atoms. The first kappa shape index (κ1) is 17.8. The fraction of sp³-hybridized carbons (Fsp3) is 0.562. The Bertz CT molecular complexity index is 454. The lowest BCUT2D eigenvalue weighted by atomic mass is 10.0. The van der Waals surface area contributed by atoms with E-state index in [1.807, 2.05) is 24.3 Å². The number of hydrogen-bond acceptors (Lipinski definition) is 3. The Kier molecular flexibility index (Phi) is 7.54. The molecular formula is C16H25ClN2O2. The van der Waals surface area contributed by atoms with E-state index in [1.165, 1.54) is 0 Å². The highest BCUT2D eigenvalue weighted by atomic mass is 35.5. The first-order chi connectivity index (χ1) is 9.69. The molecule has 1 aromatic carbocycles. The summed E-state index contributed by atoms with van der Waals surface area (Å²) < 4.78 is 5.56. The number of benzene rings is 1. The molecule has 2 rings (SSSR count). The Balaban J connectivity index is 0.00000220. The van der Waals surface area contributed by atoms with Gasteiger partial charge >= 0.3 is 0 Å². The molecule has 2 unspecified atom stereocenters. The summed E-state index contributed by atoms with van der Waals surface area (Å²) in [6.45, 7) is 5.86. The number of carbonyl (C=O) groups excluding carboxylic acids is 1. The van der Waals surface area contributed by atoms with E-state index in [4.69, 9.17) is 4.74 Å². The number of piperidine rings is 1. The van der Waals surface area contributed by atoms with Crippen LogP contribution in [0.1, 0.15) is 43.5 Å². The van der Waals surface area contributed by atoms with Crippen LogP contribution < -0.4 is 15.4 Å². The topological polar surface area (TPSA) is 50.4 Å². The van der Waals surface area contributed by atoms with Crippen LogP contribution in [0.25, 0.3) is 0 Å². The summed E-state index contributed by atoms with van der Waals surface area (Å²) in [7, 11) is 0. The van der Waals surface area contributed by atoms with E-state index in [1.54, 1.807) is 0 Å². The minimum absolute atomic E-state index is 0. The summed E-state index contributed by atoms with van der Waals surface area (Å²) in [6.07, 6.45) is 2.93. The van der Waals surface area contributed by atoms with E-state index in [2.05, 4.69) is 24.5 Å². The third kappa shape index (κ3) is 5.56. The molecule has 1 aliphatic heterocycles. The van der Waals surface area contributed by atoms with Crippen molar-refractivity contribution in [2.75, 3.05) is 13.2 Å². The van der Waals surface area contributed by atoms with Crippen LogP contribution in [-0.4, -0.2) is 31.1 Å². The van der Waals surface area contributed by atoms with Crippen molar-refractivity contribution in [1.29, 1.82) is 0 Å². The fourth-order valence-electron chi connectivity index (χ4n) is 2.48. The SMILES string of the molecule is CCCOc1cccc(C(=O)NC2CCNC(C)C2)c1.Cl. The van der Waals surface area contributed by atoms with Gasteiger partial charge in [0.2, 0.25) is 0 Å². The first-order valence-electron chi connectivity index (χ1n) is 7.46. The van der Waals surface area contributed by atoms with E-state index in [0.29, 0.717) is 18.2 Å². The van der Waals surface area contributed by atoms with Crippen LogP contribution in [-0.2, 0) is 0 Å². The molecule has 118 valence electrons. The van der Waals surface area contributed by atoms with Crippen molar-refractivity contribution in [1.82, 2.24) is 10.6 Å². The summed E-state index contributed by atoms with van der Waals surface area (Å²) in [5.74, 6) is 0.754. The number of halogens is 1. The van der Waals surface area contributed by atoms with Gasteiger partial charge in [0.1, 0.15) is 5.75 Å². The van der Waals surface area contributed by atoms with Gasteiger partial charge < -0.3 is 15.4 Å². The average Bonchev–Trinajstić information content (AvgIpc) is 2.45. The van der Waals surface area contributed by atoms with Crippen molar-refractivity contribution < 1.29 is 9.53 Å². The Morgan fingerprint density at radius 2 is 2.29 bits per heavy atom. The monoisotopic (exact) mass is 312 g/mol. The van der Waals surface area contributed by atoms with Crippen LogP contribution >= 0.6 is 12.4 Å². The molecule has 2 N–H and O–H groups in total. The summed E-state index contributed by atoms with van der Waals surface area (Å²) in [4.78, 5) is 12.3. The van der Waals surface area contributed by atoms with E-state index >= 15 is 0 Å². The van der Waals surface area contributed by atoms with Crippen molar-refractivity contribution in [3.05, 3.63) is 29.8 Å². The van der Waals surface area contributed by atoms with Crippen molar-refractivity contribution in [3.63, 3.8) is 0 Å². The van der Waals surface area contributed by atoms with Crippen LogP contribution in [0.2, 0.25) is 0 Å². The Labute approximate surface area is 133 Å². The Morgan fingerprint density at radius 1 is 1.48 bits per heavy atom. The van der Waals surface area contributed by atoms with Gasteiger partial charge in [-0.3, -0.25) is 4.79 Å².